The highest BCUT2D eigenvalue weighted by Crippen LogP contribution is 2.21. The minimum atomic E-state index is 0.229. The fourth-order valence-electron chi connectivity index (χ4n) is 2.20. The summed E-state index contributed by atoms with van der Waals surface area (Å²) >= 11 is 0. The molecule has 0 radical (unpaired) electrons. The zero-order chi connectivity index (χ0) is 15.1. The van der Waals surface area contributed by atoms with E-state index in [0.717, 1.165) is 42.7 Å². The molecule has 3 N–H and O–H groups in total. The number of hydrogen-bond acceptors (Lipinski definition) is 6. The fourth-order valence-corrected chi connectivity index (χ4v) is 2.20. The molecule has 0 saturated carbocycles. The molecule has 1 unspecified atom stereocenters. The number of aromatic nitrogens is 4. The number of fused-ring (bicyclic) bond motifs is 1. The molecule has 2 aromatic heterocycles. The molecule has 0 fully saturated rings. The van der Waals surface area contributed by atoms with Gasteiger partial charge in [-0.25, -0.2) is 0 Å². The molecule has 0 amide bonds. The molecule has 2 aromatic rings. The smallest absolute Gasteiger partial charge is 0.226 e. The summed E-state index contributed by atoms with van der Waals surface area (Å²) in [4.78, 5) is 8.99. The van der Waals surface area contributed by atoms with Gasteiger partial charge < -0.3 is 15.4 Å². The lowest BCUT2D eigenvalue weighted by atomic mass is 10.2. The van der Waals surface area contributed by atoms with Crippen molar-refractivity contribution in [3.05, 3.63) is 6.20 Å². The van der Waals surface area contributed by atoms with Gasteiger partial charge in [0.2, 0.25) is 5.95 Å². The highest BCUT2D eigenvalue weighted by atomic mass is 16.5. The highest BCUT2D eigenvalue weighted by molar-refractivity contribution is 5.87. The van der Waals surface area contributed by atoms with E-state index in [9.17, 15) is 0 Å². The maximum Gasteiger partial charge on any atom is 0.226 e. The Morgan fingerprint density at radius 3 is 2.86 bits per heavy atom. The monoisotopic (exact) mass is 292 g/mol. The molecule has 2 heterocycles. The van der Waals surface area contributed by atoms with E-state index >= 15 is 0 Å². The SMILES string of the molecule is CCCNc1nc(NC(CCC)COC)c2cn[nH]c2n1. The first-order valence-corrected chi connectivity index (χ1v) is 7.48. The van der Waals surface area contributed by atoms with Gasteiger partial charge in [-0.15, -0.1) is 0 Å². The third-order valence-corrected chi connectivity index (χ3v) is 3.19. The summed E-state index contributed by atoms with van der Waals surface area (Å²) in [5, 5.41) is 14.5. The van der Waals surface area contributed by atoms with Crippen molar-refractivity contribution < 1.29 is 4.74 Å². The maximum atomic E-state index is 5.27. The van der Waals surface area contributed by atoms with E-state index in [1.54, 1.807) is 13.3 Å². The van der Waals surface area contributed by atoms with E-state index in [4.69, 9.17) is 4.74 Å². The third-order valence-electron chi connectivity index (χ3n) is 3.19. The summed E-state index contributed by atoms with van der Waals surface area (Å²) in [5.74, 6) is 1.41. The van der Waals surface area contributed by atoms with Gasteiger partial charge in [-0.2, -0.15) is 15.1 Å². The minimum Gasteiger partial charge on any atom is -0.383 e. The number of anilines is 2. The van der Waals surface area contributed by atoms with Crippen molar-refractivity contribution in [3.63, 3.8) is 0 Å². The predicted octanol–water partition coefficient (Wildman–Crippen LogP) is 2.40. The predicted molar refractivity (Wildman–Crippen MR) is 84.7 cm³/mol. The Hall–Kier alpha value is -1.89. The van der Waals surface area contributed by atoms with Crippen LogP contribution in [0.15, 0.2) is 6.20 Å². The Kier molecular flexibility index (Phi) is 5.74. The molecule has 0 saturated heterocycles. The largest absolute Gasteiger partial charge is 0.383 e. The number of rotatable bonds is 9. The normalized spacial score (nSPS) is 12.5. The lowest BCUT2D eigenvalue weighted by molar-refractivity contribution is 0.182. The summed E-state index contributed by atoms with van der Waals surface area (Å²) < 4.78 is 5.27. The molecule has 7 heteroatoms. The van der Waals surface area contributed by atoms with Gasteiger partial charge in [0.05, 0.1) is 24.2 Å². The second-order valence-corrected chi connectivity index (χ2v) is 5.04. The lowest BCUT2D eigenvalue weighted by Crippen LogP contribution is -2.25. The average molecular weight is 292 g/mol. The first kappa shape index (κ1) is 15.5. The van der Waals surface area contributed by atoms with Crippen LogP contribution < -0.4 is 10.6 Å². The first-order valence-electron chi connectivity index (χ1n) is 7.48. The van der Waals surface area contributed by atoms with Crippen LogP contribution in [0.2, 0.25) is 0 Å². The van der Waals surface area contributed by atoms with Crippen LogP contribution in [0.3, 0.4) is 0 Å². The summed E-state index contributed by atoms with van der Waals surface area (Å²) in [7, 11) is 1.71. The Morgan fingerprint density at radius 2 is 2.14 bits per heavy atom. The van der Waals surface area contributed by atoms with E-state index in [1.165, 1.54) is 0 Å². The average Bonchev–Trinajstić information content (AvgIpc) is 2.94. The number of aromatic amines is 1. The zero-order valence-electron chi connectivity index (χ0n) is 12.9. The van der Waals surface area contributed by atoms with Gasteiger partial charge in [0, 0.05) is 13.7 Å². The number of methoxy groups -OCH3 is 1. The van der Waals surface area contributed by atoms with Gasteiger partial charge in [-0.05, 0) is 12.8 Å². The van der Waals surface area contributed by atoms with Crippen molar-refractivity contribution in [3.8, 4) is 0 Å². The second kappa shape index (κ2) is 7.78. The number of ether oxygens (including phenoxy) is 1. The Balaban J connectivity index is 2.24. The highest BCUT2D eigenvalue weighted by Gasteiger charge is 2.13. The number of H-pyrrole nitrogens is 1. The number of hydrogen-bond donors (Lipinski definition) is 3. The van der Waals surface area contributed by atoms with E-state index in [0.29, 0.717) is 12.6 Å². The standard InChI is InChI=1S/C14H24N6O/c1-4-6-10(9-21-3)17-12-11-8-16-20-13(11)19-14(18-12)15-7-5-2/h8,10H,4-7,9H2,1-3H3,(H3,15,16,17,18,19,20). The van der Waals surface area contributed by atoms with Crippen molar-refractivity contribution in [2.45, 2.75) is 39.2 Å². The van der Waals surface area contributed by atoms with Crippen LogP contribution in [-0.2, 0) is 4.74 Å². The van der Waals surface area contributed by atoms with Crippen molar-refractivity contribution in [2.75, 3.05) is 30.9 Å². The molecule has 7 nitrogen and oxygen atoms in total. The second-order valence-electron chi connectivity index (χ2n) is 5.04. The van der Waals surface area contributed by atoms with Gasteiger partial charge in [-0.3, -0.25) is 5.10 Å². The van der Waals surface area contributed by atoms with Crippen molar-refractivity contribution in [1.29, 1.82) is 0 Å². The van der Waals surface area contributed by atoms with Gasteiger partial charge >= 0.3 is 0 Å². The first-order chi connectivity index (χ1) is 10.3. The molecule has 21 heavy (non-hydrogen) atoms. The number of nitrogens with zero attached hydrogens (tertiary/aromatic N) is 3. The van der Waals surface area contributed by atoms with Crippen LogP contribution >= 0.6 is 0 Å². The summed E-state index contributed by atoms with van der Waals surface area (Å²) in [5.41, 5.74) is 0.735. The fraction of sp³-hybridized carbons (Fsp3) is 0.643. The molecule has 0 bridgehead atoms. The van der Waals surface area contributed by atoms with Crippen molar-refractivity contribution >= 4 is 22.8 Å². The van der Waals surface area contributed by atoms with E-state index < -0.39 is 0 Å². The Labute approximate surface area is 124 Å². The van der Waals surface area contributed by atoms with Crippen LogP contribution in [-0.4, -0.2) is 46.5 Å². The van der Waals surface area contributed by atoms with Gasteiger partial charge in [0.1, 0.15) is 5.82 Å². The minimum absolute atomic E-state index is 0.229. The van der Waals surface area contributed by atoms with Gasteiger partial charge in [0.15, 0.2) is 5.65 Å². The molecule has 1 atom stereocenters. The van der Waals surface area contributed by atoms with Gasteiger partial charge in [0.25, 0.3) is 0 Å². The molecule has 0 aliphatic rings. The third kappa shape index (κ3) is 4.04. The molecular formula is C14H24N6O. The molecule has 2 rings (SSSR count). The molecule has 0 aromatic carbocycles. The summed E-state index contributed by atoms with van der Waals surface area (Å²) in [6.45, 7) is 5.76. The number of nitrogens with one attached hydrogen (secondary N) is 3. The van der Waals surface area contributed by atoms with E-state index in [1.807, 2.05) is 0 Å². The zero-order valence-corrected chi connectivity index (χ0v) is 12.9. The molecule has 0 spiro atoms. The van der Waals surface area contributed by atoms with Crippen molar-refractivity contribution in [2.24, 2.45) is 0 Å². The summed E-state index contributed by atoms with van der Waals surface area (Å²) in [6.07, 6.45) is 4.88. The Bertz CT molecular complexity index is 549. The summed E-state index contributed by atoms with van der Waals surface area (Å²) in [6, 6.07) is 0.229. The molecule has 116 valence electrons. The molecule has 0 aliphatic carbocycles. The van der Waals surface area contributed by atoms with Crippen LogP contribution in [0.4, 0.5) is 11.8 Å². The topological polar surface area (TPSA) is 87.8 Å². The van der Waals surface area contributed by atoms with E-state index in [2.05, 4.69) is 44.6 Å². The Morgan fingerprint density at radius 1 is 1.29 bits per heavy atom. The van der Waals surface area contributed by atoms with Gasteiger partial charge in [-0.1, -0.05) is 20.3 Å². The van der Waals surface area contributed by atoms with Crippen LogP contribution in [0.25, 0.3) is 11.0 Å². The van der Waals surface area contributed by atoms with Crippen molar-refractivity contribution in [1.82, 2.24) is 20.2 Å². The molecular weight excluding hydrogens is 268 g/mol. The maximum absolute atomic E-state index is 5.27. The van der Waals surface area contributed by atoms with E-state index in [-0.39, 0.29) is 6.04 Å². The van der Waals surface area contributed by atoms with Crippen LogP contribution in [0.1, 0.15) is 33.1 Å². The molecule has 0 aliphatic heterocycles. The van der Waals surface area contributed by atoms with Crippen LogP contribution in [0.5, 0.6) is 0 Å². The lowest BCUT2D eigenvalue weighted by Gasteiger charge is -2.18. The van der Waals surface area contributed by atoms with Crippen LogP contribution in [0, 0.1) is 0 Å². The quantitative estimate of drug-likeness (QED) is 0.658.